The average molecular weight is 247 g/mol. The maximum absolute atomic E-state index is 12.4. The molecule has 18 heavy (non-hydrogen) atoms. The Balaban J connectivity index is 2.66. The van der Waals surface area contributed by atoms with Crippen LogP contribution in [0.4, 0.5) is 0 Å². The minimum atomic E-state index is -1.60. The number of benzene rings is 1. The summed E-state index contributed by atoms with van der Waals surface area (Å²) >= 11 is 0. The van der Waals surface area contributed by atoms with Gasteiger partial charge in [0, 0.05) is 12.6 Å². The Morgan fingerprint density at radius 3 is 2.33 bits per heavy atom. The highest BCUT2D eigenvalue weighted by Crippen LogP contribution is 2.30. The standard InChI is InChI=1S/C13H13NO4/c1-13(12(17)18-3)10(15)8-6-4-5-7-9(8)11(16)14(13)2/h4-7H,1-3H3. The van der Waals surface area contributed by atoms with Crippen LogP contribution in [0.5, 0.6) is 0 Å². The van der Waals surface area contributed by atoms with Gasteiger partial charge in [0.2, 0.25) is 11.3 Å². The zero-order valence-electron chi connectivity index (χ0n) is 10.4. The first-order chi connectivity index (χ1) is 8.44. The summed E-state index contributed by atoms with van der Waals surface area (Å²) in [4.78, 5) is 37.5. The van der Waals surface area contributed by atoms with Crippen LogP contribution < -0.4 is 0 Å². The smallest absolute Gasteiger partial charge is 0.339 e. The molecule has 0 spiro atoms. The molecule has 1 atom stereocenters. The lowest BCUT2D eigenvalue weighted by molar-refractivity contribution is -0.149. The number of methoxy groups -OCH3 is 1. The number of ketones is 1. The number of nitrogens with zero attached hydrogens (tertiary/aromatic N) is 1. The van der Waals surface area contributed by atoms with E-state index < -0.39 is 17.3 Å². The minimum Gasteiger partial charge on any atom is -0.467 e. The zero-order valence-corrected chi connectivity index (χ0v) is 10.4. The van der Waals surface area contributed by atoms with Crippen LogP contribution in [-0.4, -0.2) is 42.3 Å². The summed E-state index contributed by atoms with van der Waals surface area (Å²) in [5.41, 5.74) is -1.03. The number of hydrogen-bond donors (Lipinski definition) is 0. The van der Waals surface area contributed by atoms with Crippen molar-refractivity contribution in [3.63, 3.8) is 0 Å². The van der Waals surface area contributed by atoms with Crippen molar-refractivity contribution in [2.45, 2.75) is 12.5 Å². The van der Waals surface area contributed by atoms with E-state index in [1.165, 1.54) is 21.1 Å². The third kappa shape index (κ3) is 1.37. The van der Waals surface area contributed by atoms with Crippen molar-refractivity contribution in [3.8, 4) is 0 Å². The highest BCUT2D eigenvalue weighted by atomic mass is 16.5. The Bertz CT molecular complexity index is 552. The Kier molecular flexibility index (Phi) is 2.69. The maximum Gasteiger partial charge on any atom is 0.339 e. The fourth-order valence-corrected chi connectivity index (χ4v) is 2.09. The molecular formula is C13H13NO4. The minimum absolute atomic E-state index is 0.258. The molecule has 0 aliphatic carbocycles. The molecule has 0 saturated heterocycles. The summed E-state index contributed by atoms with van der Waals surface area (Å²) < 4.78 is 4.64. The van der Waals surface area contributed by atoms with Gasteiger partial charge < -0.3 is 9.64 Å². The molecule has 0 N–H and O–H groups in total. The first-order valence-corrected chi connectivity index (χ1v) is 5.45. The maximum atomic E-state index is 12.4. The van der Waals surface area contributed by atoms with Gasteiger partial charge in [0.15, 0.2) is 0 Å². The summed E-state index contributed by atoms with van der Waals surface area (Å²) in [7, 11) is 2.62. The van der Waals surface area contributed by atoms with E-state index in [4.69, 9.17) is 0 Å². The molecule has 0 radical (unpaired) electrons. The van der Waals surface area contributed by atoms with Crippen LogP contribution in [0.2, 0.25) is 0 Å². The predicted octanol–water partition coefficient (Wildman–Crippen LogP) is 0.887. The molecule has 1 heterocycles. The fraction of sp³-hybridized carbons (Fsp3) is 0.308. The molecule has 5 heteroatoms. The molecule has 1 aromatic rings. The zero-order chi connectivity index (χ0) is 13.5. The number of esters is 1. The Morgan fingerprint density at radius 2 is 1.78 bits per heavy atom. The Hall–Kier alpha value is -2.17. The van der Waals surface area contributed by atoms with Gasteiger partial charge in [0.1, 0.15) is 0 Å². The molecular weight excluding hydrogens is 234 g/mol. The number of hydrogen-bond acceptors (Lipinski definition) is 4. The molecule has 94 valence electrons. The van der Waals surface area contributed by atoms with Gasteiger partial charge in [-0.05, 0) is 13.0 Å². The van der Waals surface area contributed by atoms with Gasteiger partial charge in [-0.15, -0.1) is 0 Å². The highest BCUT2D eigenvalue weighted by Gasteiger charge is 2.52. The van der Waals surface area contributed by atoms with Crippen LogP contribution in [0.1, 0.15) is 27.6 Å². The van der Waals surface area contributed by atoms with Crippen molar-refractivity contribution >= 4 is 17.7 Å². The van der Waals surface area contributed by atoms with Gasteiger partial charge in [-0.1, -0.05) is 18.2 Å². The number of ether oxygens (including phenoxy) is 1. The first kappa shape index (κ1) is 12.3. The number of amides is 1. The monoisotopic (exact) mass is 247 g/mol. The number of fused-ring (bicyclic) bond motifs is 1. The lowest BCUT2D eigenvalue weighted by atomic mass is 9.83. The second kappa shape index (κ2) is 3.94. The van der Waals surface area contributed by atoms with Gasteiger partial charge in [-0.3, -0.25) is 9.59 Å². The summed E-state index contributed by atoms with van der Waals surface area (Å²) in [6.07, 6.45) is 0. The highest BCUT2D eigenvalue weighted by molar-refractivity contribution is 6.25. The largest absolute Gasteiger partial charge is 0.467 e. The Labute approximate surface area is 104 Å². The molecule has 0 bridgehead atoms. The van der Waals surface area contributed by atoms with Gasteiger partial charge >= 0.3 is 5.97 Å². The number of carbonyl (C=O) groups excluding carboxylic acids is 3. The quantitative estimate of drug-likeness (QED) is 0.546. The van der Waals surface area contributed by atoms with E-state index in [2.05, 4.69) is 4.74 Å². The van der Waals surface area contributed by atoms with Crippen molar-refractivity contribution in [1.29, 1.82) is 0 Å². The third-order valence-corrected chi connectivity index (χ3v) is 3.40. The van der Waals surface area contributed by atoms with E-state index in [9.17, 15) is 14.4 Å². The van der Waals surface area contributed by atoms with Gasteiger partial charge in [-0.2, -0.15) is 0 Å². The molecule has 1 aliphatic rings. The number of rotatable bonds is 1. The lowest BCUT2D eigenvalue weighted by Gasteiger charge is -2.38. The van der Waals surface area contributed by atoms with Crippen molar-refractivity contribution in [3.05, 3.63) is 35.4 Å². The second-order valence-electron chi connectivity index (χ2n) is 4.30. The van der Waals surface area contributed by atoms with Gasteiger partial charge in [-0.25, -0.2) is 4.79 Å². The molecule has 0 fully saturated rings. The van der Waals surface area contributed by atoms with Gasteiger partial charge in [0.05, 0.1) is 12.7 Å². The van der Waals surface area contributed by atoms with E-state index in [1.54, 1.807) is 24.3 Å². The van der Waals surface area contributed by atoms with E-state index in [0.29, 0.717) is 5.56 Å². The van der Waals surface area contributed by atoms with Crippen LogP contribution in [0.3, 0.4) is 0 Å². The molecule has 1 aromatic carbocycles. The van der Waals surface area contributed by atoms with E-state index in [-0.39, 0.29) is 11.5 Å². The topological polar surface area (TPSA) is 63.7 Å². The Morgan fingerprint density at radius 1 is 1.22 bits per heavy atom. The van der Waals surface area contributed by atoms with E-state index in [0.717, 1.165) is 4.90 Å². The molecule has 1 aliphatic heterocycles. The molecule has 0 aromatic heterocycles. The SMILES string of the molecule is COC(=O)C1(C)C(=O)c2ccccc2C(=O)N1C. The summed E-state index contributed by atoms with van der Waals surface area (Å²) in [5.74, 6) is -1.52. The molecule has 1 unspecified atom stereocenters. The van der Waals surface area contributed by atoms with Crippen LogP contribution in [0.15, 0.2) is 24.3 Å². The predicted molar refractivity (Wildman–Crippen MR) is 63.3 cm³/mol. The third-order valence-electron chi connectivity index (χ3n) is 3.40. The van der Waals surface area contributed by atoms with Crippen LogP contribution >= 0.6 is 0 Å². The molecule has 5 nitrogen and oxygen atoms in total. The van der Waals surface area contributed by atoms with Crippen molar-refractivity contribution in [1.82, 2.24) is 4.90 Å². The van der Waals surface area contributed by atoms with Crippen molar-refractivity contribution < 1.29 is 19.1 Å². The lowest BCUT2D eigenvalue weighted by Crippen LogP contribution is -2.61. The van der Waals surface area contributed by atoms with Crippen molar-refractivity contribution in [2.75, 3.05) is 14.2 Å². The van der Waals surface area contributed by atoms with E-state index in [1.807, 2.05) is 0 Å². The van der Waals surface area contributed by atoms with Crippen molar-refractivity contribution in [2.24, 2.45) is 0 Å². The van der Waals surface area contributed by atoms with Gasteiger partial charge in [0.25, 0.3) is 5.91 Å². The summed E-state index contributed by atoms with van der Waals surface area (Å²) in [6, 6.07) is 6.46. The van der Waals surface area contributed by atoms with E-state index >= 15 is 0 Å². The first-order valence-electron chi connectivity index (χ1n) is 5.45. The van der Waals surface area contributed by atoms with Crippen LogP contribution in [0, 0.1) is 0 Å². The summed E-state index contributed by atoms with van der Waals surface area (Å²) in [6.45, 7) is 1.40. The molecule has 1 amide bonds. The van der Waals surface area contributed by atoms with Crippen LogP contribution in [-0.2, 0) is 9.53 Å². The second-order valence-corrected chi connectivity index (χ2v) is 4.30. The summed E-state index contributed by atoms with van der Waals surface area (Å²) in [5, 5.41) is 0. The number of likely N-dealkylation sites (N-methyl/N-ethyl adjacent to an activating group) is 1. The number of carbonyl (C=O) groups is 3. The molecule has 0 saturated carbocycles. The fourth-order valence-electron chi connectivity index (χ4n) is 2.09. The average Bonchev–Trinajstić information content (AvgIpc) is 2.41. The molecule has 2 rings (SSSR count). The normalized spacial score (nSPS) is 22.7. The number of Topliss-reactive ketones (excluding diaryl/α,β-unsaturated/α-hetero) is 1. The van der Waals surface area contributed by atoms with Crippen LogP contribution in [0.25, 0.3) is 0 Å².